The Morgan fingerprint density at radius 2 is 2.19 bits per heavy atom. The van der Waals surface area contributed by atoms with Crippen LogP contribution in [0, 0.1) is 0 Å². The van der Waals surface area contributed by atoms with Crippen LogP contribution in [-0.2, 0) is 0 Å². The molecule has 0 spiro atoms. The normalized spacial score (nSPS) is 11.8. The van der Waals surface area contributed by atoms with Crippen molar-refractivity contribution < 1.29 is 9.53 Å². The number of carbonyl (C=O) groups is 1. The van der Waals surface area contributed by atoms with Gasteiger partial charge < -0.3 is 15.8 Å². The van der Waals surface area contributed by atoms with Crippen LogP contribution in [0.25, 0.3) is 10.6 Å². The lowest BCUT2D eigenvalue weighted by molar-refractivity contribution is 0.0940. The SMILES string of the molecule is CCOc1cc(C(=O)NC(C)c2cccc(-c3nccs3)c2)c(N)cn1. The molecule has 0 aliphatic carbocycles. The van der Waals surface area contributed by atoms with E-state index in [1.54, 1.807) is 23.6 Å². The number of benzene rings is 1. The van der Waals surface area contributed by atoms with Crippen LogP contribution >= 0.6 is 11.3 Å². The van der Waals surface area contributed by atoms with Crippen LogP contribution < -0.4 is 15.8 Å². The number of nitrogen functional groups attached to an aromatic ring is 1. The number of nitrogens with two attached hydrogens (primary N) is 1. The van der Waals surface area contributed by atoms with Crippen molar-refractivity contribution in [1.82, 2.24) is 15.3 Å². The number of pyridine rings is 1. The van der Waals surface area contributed by atoms with Crippen LogP contribution in [0.1, 0.15) is 35.8 Å². The van der Waals surface area contributed by atoms with E-state index in [9.17, 15) is 4.79 Å². The minimum atomic E-state index is -0.266. The van der Waals surface area contributed by atoms with Crippen molar-refractivity contribution in [2.45, 2.75) is 19.9 Å². The molecule has 3 rings (SSSR count). The average Bonchev–Trinajstić information content (AvgIpc) is 3.18. The van der Waals surface area contributed by atoms with Gasteiger partial charge in [0.05, 0.1) is 30.1 Å². The number of aromatic nitrogens is 2. The van der Waals surface area contributed by atoms with Crippen LogP contribution in [0.3, 0.4) is 0 Å². The second-order valence-electron chi connectivity index (χ2n) is 5.70. The Morgan fingerprint density at radius 1 is 1.35 bits per heavy atom. The number of thiazole rings is 1. The van der Waals surface area contributed by atoms with E-state index in [-0.39, 0.29) is 11.9 Å². The molecule has 1 atom stereocenters. The first kappa shape index (κ1) is 17.9. The number of hydrogen-bond donors (Lipinski definition) is 2. The molecule has 7 heteroatoms. The van der Waals surface area contributed by atoms with Gasteiger partial charge >= 0.3 is 0 Å². The standard InChI is InChI=1S/C19H20N4O2S/c1-3-25-17-10-15(16(20)11-22-17)18(24)23-12(2)13-5-4-6-14(9-13)19-21-7-8-26-19/h4-12H,3,20H2,1-2H3,(H,23,24). The Hall–Kier alpha value is -2.93. The van der Waals surface area contributed by atoms with E-state index in [2.05, 4.69) is 15.3 Å². The van der Waals surface area contributed by atoms with Gasteiger partial charge in [-0.3, -0.25) is 4.79 Å². The molecule has 0 saturated carbocycles. The van der Waals surface area contributed by atoms with Crippen LogP contribution in [0.5, 0.6) is 5.88 Å². The molecule has 2 aromatic heterocycles. The molecule has 0 aliphatic heterocycles. The quantitative estimate of drug-likeness (QED) is 0.693. The van der Waals surface area contributed by atoms with E-state index >= 15 is 0 Å². The molecule has 0 bridgehead atoms. The molecule has 3 aromatic rings. The summed E-state index contributed by atoms with van der Waals surface area (Å²) in [4.78, 5) is 21.0. The maximum absolute atomic E-state index is 12.6. The number of amides is 1. The topological polar surface area (TPSA) is 90.1 Å². The Bertz CT molecular complexity index is 896. The number of rotatable bonds is 6. The minimum Gasteiger partial charge on any atom is -0.478 e. The van der Waals surface area contributed by atoms with E-state index in [1.165, 1.54) is 6.20 Å². The van der Waals surface area contributed by atoms with Gasteiger partial charge in [0.1, 0.15) is 5.01 Å². The number of carbonyl (C=O) groups excluding carboxylic acids is 1. The van der Waals surface area contributed by atoms with Gasteiger partial charge in [-0.15, -0.1) is 11.3 Å². The van der Waals surface area contributed by atoms with Gasteiger partial charge in [0, 0.05) is 23.2 Å². The molecule has 0 aliphatic rings. The highest BCUT2D eigenvalue weighted by molar-refractivity contribution is 7.13. The van der Waals surface area contributed by atoms with Gasteiger partial charge in [0.2, 0.25) is 5.88 Å². The maximum atomic E-state index is 12.6. The molecule has 6 nitrogen and oxygen atoms in total. The molecular weight excluding hydrogens is 348 g/mol. The van der Waals surface area contributed by atoms with Crippen LogP contribution in [0.2, 0.25) is 0 Å². The minimum absolute atomic E-state index is 0.189. The fraction of sp³-hybridized carbons (Fsp3) is 0.211. The number of nitrogens with zero attached hydrogens (tertiary/aromatic N) is 2. The highest BCUT2D eigenvalue weighted by Gasteiger charge is 2.16. The zero-order valence-electron chi connectivity index (χ0n) is 14.6. The summed E-state index contributed by atoms with van der Waals surface area (Å²) < 4.78 is 5.35. The molecule has 0 fully saturated rings. The summed E-state index contributed by atoms with van der Waals surface area (Å²) >= 11 is 1.58. The molecule has 1 amide bonds. The number of nitrogens with one attached hydrogen (secondary N) is 1. The lowest BCUT2D eigenvalue weighted by Crippen LogP contribution is -2.27. The lowest BCUT2D eigenvalue weighted by Gasteiger charge is -2.16. The summed E-state index contributed by atoms with van der Waals surface area (Å²) in [6.07, 6.45) is 3.22. The van der Waals surface area contributed by atoms with E-state index in [0.29, 0.717) is 23.7 Å². The number of ether oxygens (including phenoxy) is 1. The summed E-state index contributed by atoms with van der Waals surface area (Å²) in [7, 11) is 0. The fourth-order valence-electron chi connectivity index (χ4n) is 2.54. The maximum Gasteiger partial charge on any atom is 0.254 e. The third-order valence-corrected chi connectivity index (χ3v) is 4.68. The molecule has 0 saturated heterocycles. The summed E-state index contributed by atoms with van der Waals surface area (Å²) in [6, 6.07) is 9.35. The second-order valence-corrected chi connectivity index (χ2v) is 6.60. The summed E-state index contributed by atoms with van der Waals surface area (Å²) in [5, 5.41) is 5.86. The van der Waals surface area contributed by atoms with Gasteiger partial charge in [0.25, 0.3) is 5.91 Å². The van der Waals surface area contributed by atoms with Gasteiger partial charge in [-0.05, 0) is 25.5 Å². The Kier molecular flexibility index (Phi) is 5.48. The first-order valence-electron chi connectivity index (χ1n) is 8.27. The molecule has 1 aromatic carbocycles. The Labute approximate surface area is 156 Å². The van der Waals surface area contributed by atoms with E-state index in [0.717, 1.165) is 16.1 Å². The van der Waals surface area contributed by atoms with Crippen molar-refractivity contribution in [2.24, 2.45) is 0 Å². The Morgan fingerprint density at radius 3 is 2.92 bits per heavy atom. The van der Waals surface area contributed by atoms with Crippen molar-refractivity contribution in [2.75, 3.05) is 12.3 Å². The first-order chi connectivity index (χ1) is 12.6. The number of hydrogen-bond acceptors (Lipinski definition) is 6. The zero-order chi connectivity index (χ0) is 18.5. The molecular formula is C19H20N4O2S. The molecule has 3 N–H and O–H groups in total. The highest BCUT2D eigenvalue weighted by atomic mass is 32.1. The third-order valence-electron chi connectivity index (χ3n) is 3.86. The van der Waals surface area contributed by atoms with Crippen molar-refractivity contribution in [3.8, 4) is 16.5 Å². The first-order valence-corrected chi connectivity index (χ1v) is 9.15. The van der Waals surface area contributed by atoms with Gasteiger partial charge in [-0.1, -0.05) is 18.2 Å². The van der Waals surface area contributed by atoms with Gasteiger partial charge in [-0.2, -0.15) is 0 Å². The van der Waals surface area contributed by atoms with Crippen molar-refractivity contribution in [3.05, 3.63) is 59.2 Å². The average molecular weight is 368 g/mol. The molecule has 134 valence electrons. The van der Waals surface area contributed by atoms with E-state index in [4.69, 9.17) is 10.5 Å². The van der Waals surface area contributed by atoms with Crippen LogP contribution in [0.15, 0.2) is 48.1 Å². The second kappa shape index (κ2) is 7.97. The van der Waals surface area contributed by atoms with E-state index < -0.39 is 0 Å². The predicted octanol–water partition coefficient (Wildman–Crippen LogP) is 3.68. The van der Waals surface area contributed by atoms with Gasteiger partial charge in [-0.25, -0.2) is 9.97 Å². The van der Waals surface area contributed by atoms with Crippen molar-refractivity contribution >= 4 is 22.9 Å². The van der Waals surface area contributed by atoms with E-state index in [1.807, 2.05) is 43.5 Å². The van der Waals surface area contributed by atoms with Crippen molar-refractivity contribution in [3.63, 3.8) is 0 Å². The monoisotopic (exact) mass is 368 g/mol. The zero-order valence-corrected chi connectivity index (χ0v) is 15.4. The number of anilines is 1. The van der Waals surface area contributed by atoms with Crippen molar-refractivity contribution in [1.29, 1.82) is 0 Å². The predicted molar refractivity (Wildman–Crippen MR) is 103 cm³/mol. The smallest absolute Gasteiger partial charge is 0.254 e. The summed E-state index contributed by atoms with van der Waals surface area (Å²) in [5.41, 5.74) is 8.59. The molecule has 2 heterocycles. The lowest BCUT2D eigenvalue weighted by atomic mass is 10.0. The molecule has 26 heavy (non-hydrogen) atoms. The summed E-state index contributed by atoms with van der Waals surface area (Å²) in [6.45, 7) is 4.26. The fourth-order valence-corrected chi connectivity index (χ4v) is 3.17. The Balaban J connectivity index is 1.78. The summed E-state index contributed by atoms with van der Waals surface area (Å²) in [5.74, 6) is 0.114. The third kappa shape index (κ3) is 4.00. The van der Waals surface area contributed by atoms with Gasteiger partial charge in [0.15, 0.2) is 0 Å². The largest absolute Gasteiger partial charge is 0.478 e. The van der Waals surface area contributed by atoms with Crippen LogP contribution in [-0.4, -0.2) is 22.5 Å². The highest BCUT2D eigenvalue weighted by Crippen LogP contribution is 2.25. The molecule has 0 radical (unpaired) electrons. The molecule has 1 unspecified atom stereocenters. The van der Waals surface area contributed by atoms with Crippen LogP contribution in [0.4, 0.5) is 5.69 Å².